The molecule has 4 rings (SSSR count). The fourth-order valence-corrected chi connectivity index (χ4v) is 5.21. The van der Waals surface area contributed by atoms with Crippen LogP contribution in [0.2, 0.25) is 0 Å². The summed E-state index contributed by atoms with van der Waals surface area (Å²) < 4.78 is 1.67. The highest BCUT2D eigenvalue weighted by molar-refractivity contribution is 5.77. The number of aromatic amines is 1. The summed E-state index contributed by atoms with van der Waals surface area (Å²) in [5, 5.41) is 0. The second-order valence-electron chi connectivity index (χ2n) is 8.59. The van der Waals surface area contributed by atoms with Crippen LogP contribution in [0.1, 0.15) is 32.1 Å². The van der Waals surface area contributed by atoms with Crippen LogP contribution in [0.4, 0.5) is 0 Å². The quantitative estimate of drug-likeness (QED) is 0.878. The Labute approximate surface area is 160 Å². The number of aromatic nitrogens is 2. The number of aryl methyl sites for hydroxylation is 1. The second kappa shape index (κ2) is 7.15. The molecule has 6 heteroatoms. The summed E-state index contributed by atoms with van der Waals surface area (Å²) >= 11 is 0. The van der Waals surface area contributed by atoms with Crippen LogP contribution in [0.5, 0.6) is 0 Å². The Bertz CT molecular complexity index is 870. The van der Waals surface area contributed by atoms with E-state index in [1.165, 1.54) is 12.8 Å². The maximum atomic E-state index is 12.8. The van der Waals surface area contributed by atoms with E-state index in [1.807, 2.05) is 36.2 Å². The Balaban J connectivity index is 1.35. The largest absolute Gasteiger partial charge is 0.343 e. The number of nitrogens with one attached hydrogen (secondary N) is 1. The van der Waals surface area contributed by atoms with Crippen molar-refractivity contribution in [2.24, 2.45) is 11.8 Å². The monoisotopic (exact) mass is 370 g/mol. The van der Waals surface area contributed by atoms with E-state index < -0.39 is 0 Å². The zero-order valence-electron chi connectivity index (χ0n) is 16.5. The fraction of sp³-hybridized carbons (Fsp3) is 0.619. The van der Waals surface area contributed by atoms with Crippen LogP contribution >= 0.6 is 0 Å². The van der Waals surface area contributed by atoms with E-state index >= 15 is 0 Å². The molecular formula is C21H30N4O2. The van der Waals surface area contributed by atoms with Gasteiger partial charge in [-0.2, -0.15) is 0 Å². The molecule has 0 aliphatic heterocycles. The summed E-state index contributed by atoms with van der Waals surface area (Å²) in [4.78, 5) is 32.1. The number of amides is 1. The van der Waals surface area contributed by atoms with E-state index in [0.717, 1.165) is 35.7 Å². The van der Waals surface area contributed by atoms with E-state index in [2.05, 4.69) is 24.0 Å². The van der Waals surface area contributed by atoms with Crippen molar-refractivity contribution in [3.8, 4) is 0 Å². The van der Waals surface area contributed by atoms with Crippen molar-refractivity contribution in [1.29, 1.82) is 0 Å². The molecule has 0 radical (unpaired) electrons. The van der Waals surface area contributed by atoms with Crippen LogP contribution in [-0.4, -0.2) is 58.5 Å². The average Bonchev–Trinajstić information content (AvgIpc) is 3.29. The highest BCUT2D eigenvalue weighted by Crippen LogP contribution is 2.46. The number of para-hydroxylation sites is 2. The summed E-state index contributed by atoms with van der Waals surface area (Å²) in [5.41, 5.74) is 1.54. The number of benzene rings is 1. The first kappa shape index (κ1) is 18.3. The molecule has 1 heterocycles. The lowest BCUT2D eigenvalue weighted by atomic mass is 10.0. The molecule has 1 aromatic carbocycles. The van der Waals surface area contributed by atoms with Gasteiger partial charge in [0.15, 0.2) is 0 Å². The third kappa shape index (κ3) is 3.43. The topological polar surface area (TPSA) is 61.3 Å². The summed E-state index contributed by atoms with van der Waals surface area (Å²) in [6.07, 6.45) is 5.15. The minimum absolute atomic E-state index is 0.140. The van der Waals surface area contributed by atoms with Crippen molar-refractivity contribution in [2.75, 3.05) is 21.1 Å². The molecule has 0 spiro atoms. The first-order chi connectivity index (χ1) is 12.9. The first-order valence-corrected chi connectivity index (χ1v) is 10.0. The lowest BCUT2D eigenvalue weighted by Gasteiger charge is -2.27. The minimum atomic E-state index is -0.142. The fourth-order valence-electron chi connectivity index (χ4n) is 5.21. The minimum Gasteiger partial charge on any atom is -0.343 e. The molecule has 6 nitrogen and oxygen atoms in total. The van der Waals surface area contributed by atoms with Gasteiger partial charge in [0.2, 0.25) is 5.91 Å². The molecule has 1 amide bonds. The van der Waals surface area contributed by atoms with E-state index in [0.29, 0.717) is 25.0 Å². The Morgan fingerprint density at radius 2 is 1.70 bits per heavy atom. The number of fused-ring (bicyclic) bond motifs is 2. The zero-order valence-corrected chi connectivity index (χ0v) is 16.5. The predicted molar refractivity (Wildman–Crippen MR) is 107 cm³/mol. The number of nitrogens with zero attached hydrogens (tertiary/aromatic N) is 3. The average molecular weight is 370 g/mol. The lowest BCUT2D eigenvalue weighted by Crippen LogP contribution is -2.37. The Morgan fingerprint density at radius 1 is 1.07 bits per heavy atom. The Kier molecular flexibility index (Phi) is 4.84. The maximum absolute atomic E-state index is 12.8. The number of rotatable bonds is 5. The van der Waals surface area contributed by atoms with E-state index in [-0.39, 0.29) is 11.6 Å². The summed E-state index contributed by atoms with van der Waals surface area (Å²) in [7, 11) is 6.28. The third-order valence-electron chi connectivity index (χ3n) is 6.87. The van der Waals surface area contributed by atoms with Gasteiger partial charge in [-0.25, -0.2) is 4.79 Å². The highest BCUT2D eigenvalue weighted by atomic mass is 16.2. The molecule has 2 fully saturated rings. The van der Waals surface area contributed by atoms with Gasteiger partial charge in [0.1, 0.15) is 0 Å². The van der Waals surface area contributed by atoms with Crippen molar-refractivity contribution in [2.45, 2.75) is 50.7 Å². The van der Waals surface area contributed by atoms with Gasteiger partial charge in [-0.3, -0.25) is 9.36 Å². The molecule has 0 bridgehead atoms. The number of carbonyl (C=O) groups excluding carboxylic acids is 1. The normalized spacial score (nSPS) is 27.4. The van der Waals surface area contributed by atoms with Crippen molar-refractivity contribution in [3.05, 3.63) is 34.7 Å². The number of hydrogen-bond donors (Lipinski definition) is 1. The van der Waals surface area contributed by atoms with Crippen molar-refractivity contribution >= 4 is 16.9 Å². The summed E-state index contributed by atoms with van der Waals surface area (Å²) in [6.45, 7) is 0.425. The molecule has 2 aromatic rings. The molecule has 0 saturated heterocycles. The van der Waals surface area contributed by atoms with Gasteiger partial charge in [-0.05, 0) is 63.7 Å². The van der Waals surface area contributed by atoms with Crippen LogP contribution in [-0.2, 0) is 11.3 Å². The van der Waals surface area contributed by atoms with Crippen LogP contribution in [0, 0.1) is 11.8 Å². The standard InChI is InChI=1S/C21H30N4O2/c1-23(2)16-10-14-12-17(13-15(14)11-16)24(3)20(26)8-9-25-19-7-5-4-6-18(19)22-21(25)27/h4-7,14-17H,8-13H2,1-3H3,(H,22,27)/t14-,15+,16?,17?. The molecule has 2 saturated carbocycles. The molecule has 146 valence electrons. The molecule has 2 aliphatic carbocycles. The van der Waals surface area contributed by atoms with E-state index in [1.54, 1.807) is 4.57 Å². The maximum Gasteiger partial charge on any atom is 0.326 e. The van der Waals surface area contributed by atoms with Crippen LogP contribution in [0.15, 0.2) is 29.1 Å². The Morgan fingerprint density at radius 3 is 2.37 bits per heavy atom. The second-order valence-corrected chi connectivity index (χ2v) is 8.59. The third-order valence-corrected chi connectivity index (χ3v) is 6.87. The van der Waals surface area contributed by atoms with Crippen LogP contribution in [0.3, 0.4) is 0 Å². The van der Waals surface area contributed by atoms with Gasteiger partial charge < -0.3 is 14.8 Å². The number of carbonyl (C=O) groups is 1. The Hall–Kier alpha value is -2.08. The van der Waals surface area contributed by atoms with Crippen molar-refractivity contribution in [3.63, 3.8) is 0 Å². The smallest absolute Gasteiger partial charge is 0.326 e. The number of imidazole rings is 1. The van der Waals surface area contributed by atoms with Gasteiger partial charge in [-0.15, -0.1) is 0 Å². The number of hydrogen-bond acceptors (Lipinski definition) is 3. The first-order valence-electron chi connectivity index (χ1n) is 10.0. The molecular weight excluding hydrogens is 340 g/mol. The lowest BCUT2D eigenvalue weighted by molar-refractivity contribution is -0.132. The van der Waals surface area contributed by atoms with Crippen LogP contribution < -0.4 is 5.69 Å². The molecule has 27 heavy (non-hydrogen) atoms. The summed E-state index contributed by atoms with van der Waals surface area (Å²) in [6, 6.07) is 8.68. The van der Waals surface area contributed by atoms with Crippen molar-refractivity contribution < 1.29 is 4.79 Å². The van der Waals surface area contributed by atoms with Crippen LogP contribution in [0.25, 0.3) is 11.0 Å². The molecule has 2 aliphatic rings. The molecule has 1 aromatic heterocycles. The van der Waals surface area contributed by atoms with Crippen molar-refractivity contribution in [1.82, 2.24) is 19.4 Å². The molecule has 4 atom stereocenters. The highest BCUT2D eigenvalue weighted by Gasteiger charge is 2.43. The predicted octanol–water partition coefficient (Wildman–Crippen LogP) is 2.30. The van der Waals surface area contributed by atoms with E-state index in [4.69, 9.17) is 0 Å². The van der Waals surface area contributed by atoms with Gasteiger partial charge in [0.25, 0.3) is 0 Å². The SMILES string of the molecule is CN(C)C1C[C@@H]2CC(N(C)C(=O)CCn3c(=O)[nH]c4ccccc43)C[C@@H]2C1. The molecule has 2 unspecified atom stereocenters. The molecule has 1 N–H and O–H groups in total. The van der Waals surface area contributed by atoms with Gasteiger partial charge in [0.05, 0.1) is 11.0 Å². The van der Waals surface area contributed by atoms with E-state index in [9.17, 15) is 9.59 Å². The number of H-pyrrole nitrogens is 1. The van der Waals surface area contributed by atoms with Gasteiger partial charge in [-0.1, -0.05) is 12.1 Å². The summed E-state index contributed by atoms with van der Waals surface area (Å²) in [5.74, 6) is 1.66. The van der Waals surface area contributed by atoms with Gasteiger partial charge >= 0.3 is 5.69 Å². The van der Waals surface area contributed by atoms with Gasteiger partial charge in [0, 0.05) is 32.1 Å². The zero-order chi connectivity index (χ0) is 19.1.